The lowest BCUT2D eigenvalue weighted by molar-refractivity contribution is -0.141. The number of hydrogen-bond acceptors (Lipinski definition) is 2. The molecule has 1 N–H and O–H groups in total. The van der Waals surface area contributed by atoms with Crippen LogP contribution >= 0.6 is 0 Å². The van der Waals surface area contributed by atoms with Crippen LogP contribution in [0, 0.1) is 26.7 Å². The second kappa shape index (κ2) is 7.08. The Hall–Kier alpha value is -2.29. The SMILES string of the molecule is Cc1ccc(-c2c(C)cccc2N(C)C(C)C(C)C(=O)O)cc1C. The van der Waals surface area contributed by atoms with E-state index in [4.69, 9.17) is 0 Å². The standard InChI is InChI=1S/C21H27NO2/c1-13-10-11-18(12-15(13)3)20-14(2)8-7-9-19(20)22(6)17(5)16(4)21(23)24/h7-12,16-17H,1-6H3,(H,23,24). The minimum atomic E-state index is -0.769. The van der Waals surface area contributed by atoms with Gasteiger partial charge in [-0.2, -0.15) is 0 Å². The highest BCUT2D eigenvalue weighted by Gasteiger charge is 2.25. The van der Waals surface area contributed by atoms with Crippen molar-refractivity contribution in [1.82, 2.24) is 0 Å². The largest absolute Gasteiger partial charge is 0.481 e. The Balaban J connectivity index is 2.54. The van der Waals surface area contributed by atoms with Crippen molar-refractivity contribution in [2.24, 2.45) is 5.92 Å². The molecule has 0 aliphatic rings. The molecule has 0 saturated carbocycles. The summed E-state index contributed by atoms with van der Waals surface area (Å²) in [6, 6.07) is 12.6. The van der Waals surface area contributed by atoms with Gasteiger partial charge in [0.15, 0.2) is 0 Å². The fourth-order valence-corrected chi connectivity index (χ4v) is 2.98. The fourth-order valence-electron chi connectivity index (χ4n) is 2.98. The van der Waals surface area contributed by atoms with E-state index in [0.29, 0.717) is 0 Å². The van der Waals surface area contributed by atoms with Crippen LogP contribution in [-0.4, -0.2) is 24.2 Å². The first kappa shape index (κ1) is 18.1. The number of rotatable bonds is 5. The van der Waals surface area contributed by atoms with Crippen molar-refractivity contribution in [3.8, 4) is 11.1 Å². The van der Waals surface area contributed by atoms with Crippen molar-refractivity contribution in [3.05, 3.63) is 53.1 Å². The van der Waals surface area contributed by atoms with Crippen LogP contribution in [0.2, 0.25) is 0 Å². The Morgan fingerprint density at radius 2 is 1.67 bits per heavy atom. The van der Waals surface area contributed by atoms with Crippen molar-refractivity contribution in [1.29, 1.82) is 0 Å². The summed E-state index contributed by atoms with van der Waals surface area (Å²) in [6.45, 7) is 10.1. The van der Waals surface area contributed by atoms with Crippen LogP contribution in [0.1, 0.15) is 30.5 Å². The van der Waals surface area contributed by atoms with Gasteiger partial charge in [-0.05, 0) is 62.9 Å². The van der Waals surface area contributed by atoms with Gasteiger partial charge in [0.1, 0.15) is 0 Å². The van der Waals surface area contributed by atoms with Crippen molar-refractivity contribution in [3.63, 3.8) is 0 Å². The molecule has 2 rings (SSSR count). The van der Waals surface area contributed by atoms with Gasteiger partial charge in [-0.15, -0.1) is 0 Å². The molecule has 0 aliphatic carbocycles. The molecule has 2 aromatic carbocycles. The molecule has 2 unspecified atom stereocenters. The molecule has 3 heteroatoms. The molecule has 2 aromatic rings. The van der Waals surface area contributed by atoms with Gasteiger partial charge in [0.25, 0.3) is 0 Å². The highest BCUT2D eigenvalue weighted by atomic mass is 16.4. The Labute approximate surface area is 144 Å². The van der Waals surface area contributed by atoms with Gasteiger partial charge >= 0.3 is 5.97 Å². The van der Waals surface area contributed by atoms with E-state index in [0.717, 1.165) is 5.69 Å². The van der Waals surface area contributed by atoms with E-state index in [2.05, 4.69) is 56.0 Å². The molecular formula is C21H27NO2. The van der Waals surface area contributed by atoms with Crippen LogP contribution in [-0.2, 0) is 4.79 Å². The first-order chi connectivity index (χ1) is 11.2. The summed E-state index contributed by atoms with van der Waals surface area (Å²) in [4.78, 5) is 13.4. The number of benzene rings is 2. The topological polar surface area (TPSA) is 40.5 Å². The lowest BCUT2D eigenvalue weighted by Crippen LogP contribution is -2.38. The monoisotopic (exact) mass is 325 g/mol. The van der Waals surface area contributed by atoms with E-state index >= 15 is 0 Å². The summed E-state index contributed by atoms with van der Waals surface area (Å²) < 4.78 is 0. The average Bonchev–Trinajstić information content (AvgIpc) is 2.55. The van der Waals surface area contributed by atoms with Gasteiger partial charge < -0.3 is 10.0 Å². The number of carboxylic acid groups (broad SMARTS) is 1. The number of nitrogens with zero attached hydrogens (tertiary/aromatic N) is 1. The molecule has 24 heavy (non-hydrogen) atoms. The third-order valence-corrected chi connectivity index (χ3v) is 5.15. The molecule has 0 radical (unpaired) electrons. The first-order valence-corrected chi connectivity index (χ1v) is 8.37. The van der Waals surface area contributed by atoms with Crippen molar-refractivity contribution >= 4 is 11.7 Å². The fraction of sp³-hybridized carbons (Fsp3) is 0.381. The van der Waals surface area contributed by atoms with Crippen LogP contribution in [0.4, 0.5) is 5.69 Å². The summed E-state index contributed by atoms with van der Waals surface area (Å²) in [7, 11) is 1.98. The number of carboxylic acids is 1. The smallest absolute Gasteiger partial charge is 0.308 e. The Morgan fingerprint density at radius 1 is 1.00 bits per heavy atom. The summed E-state index contributed by atoms with van der Waals surface area (Å²) >= 11 is 0. The van der Waals surface area contributed by atoms with Crippen LogP contribution in [0.25, 0.3) is 11.1 Å². The number of anilines is 1. The lowest BCUT2D eigenvalue weighted by Gasteiger charge is -2.32. The van der Waals surface area contributed by atoms with E-state index < -0.39 is 11.9 Å². The van der Waals surface area contributed by atoms with E-state index in [1.807, 2.05) is 20.0 Å². The molecule has 0 bridgehead atoms. The van der Waals surface area contributed by atoms with Crippen molar-refractivity contribution in [2.75, 3.05) is 11.9 Å². The zero-order chi connectivity index (χ0) is 18.0. The molecular weight excluding hydrogens is 298 g/mol. The van der Waals surface area contributed by atoms with E-state index in [-0.39, 0.29) is 6.04 Å². The second-order valence-electron chi connectivity index (χ2n) is 6.75. The molecule has 0 heterocycles. The zero-order valence-electron chi connectivity index (χ0n) is 15.4. The van der Waals surface area contributed by atoms with Gasteiger partial charge in [-0.25, -0.2) is 0 Å². The third kappa shape index (κ3) is 3.45. The summed E-state index contributed by atoms with van der Waals surface area (Å²) in [5, 5.41) is 9.33. The summed E-state index contributed by atoms with van der Waals surface area (Å²) in [5.41, 5.74) is 7.14. The number of carbonyl (C=O) groups is 1. The van der Waals surface area contributed by atoms with Gasteiger partial charge in [0.05, 0.1) is 5.92 Å². The van der Waals surface area contributed by atoms with Crippen LogP contribution < -0.4 is 4.90 Å². The summed E-state index contributed by atoms with van der Waals surface area (Å²) in [6.07, 6.45) is 0. The van der Waals surface area contributed by atoms with Gasteiger partial charge in [-0.1, -0.05) is 30.3 Å². The number of aliphatic carboxylic acids is 1. The highest BCUT2D eigenvalue weighted by molar-refractivity contribution is 5.82. The minimum Gasteiger partial charge on any atom is -0.481 e. The average molecular weight is 325 g/mol. The number of aryl methyl sites for hydroxylation is 3. The molecule has 3 nitrogen and oxygen atoms in total. The Kier molecular flexibility index (Phi) is 5.33. The predicted octanol–water partition coefficient (Wildman–Crippen LogP) is 4.82. The van der Waals surface area contributed by atoms with Gasteiger partial charge in [0, 0.05) is 24.3 Å². The zero-order valence-corrected chi connectivity index (χ0v) is 15.4. The van der Waals surface area contributed by atoms with E-state index in [1.54, 1.807) is 6.92 Å². The highest BCUT2D eigenvalue weighted by Crippen LogP contribution is 2.35. The van der Waals surface area contributed by atoms with Gasteiger partial charge in [0.2, 0.25) is 0 Å². The van der Waals surface area contributed by atoms with Gasteiger partial charge in [-0.3, -0.25) is 4.79 Å². The van der Waals surface area contributed by atoms with E-state index in [1.165, 1.54) is 27.8 Å². The maximum absolute atomic E-state index is 11.4. The van der Waals surface area contributed by atoms with Crippen LogP contribution in [0.5, 0.6) is 0 Å². The third-order valence-electron chi connectivity index (χ3n) is 5.15. The number of hydrogen-bond donors (Lipinski definition) is 1. The molecule has 0 amide bonds. The van der Waals surface area contributed by atoms with Crippen molar-refractivity contribution in [2.45, 2.75) is 40.7 Å². The van der Waals surface area contributed by atoms with Crippen LogP contribution in [0.15, 0.2) is 36.4 Å². The maximum Gasteiger partial charge on any atom is 0.308 e. The van der Waals surface area contributed by atoms with E-state index in [9.17, 15) is 9.90 Å². The summed E-state index contributed by atoms with van der Waals surface area (Å²) in [5.74, 6) is -1.21. The molecule has 0 saturated heterocycles. The van der Waals surface area contributed by atoms with Crippen LogP contribution in [0.3, 0.4) is 0 Å². The first-order valence-electron chi connectivity index (χ1n) is 8.37. The van der Waals surface area contributed by atoms with Crippen molar-refractivity contribution < 1.29 is 9.90 Å². The Bertz CT molecular complexity index is 751. The molecule has 2 atom stereocenters. The molecule has 0 fully saturated rings. The molecule has 0 spiro atoms. The Morgan fingerprint density at radius 3 is 2.25 bits per heavy atom. The lowest BCUT2D eigenvalue weighted by atomic mass is 9.93. The molecule has 0 aromatic heterocycles. The molecule has 128 valence electrons. The minimum absolute atomic E-state index is 0.102. The maximum atomic E-state index is 11.4. The normalized spacial score (nSPS) is 13.4. The predicted molar refractivity (Wildman–Crippen MR) is 101 cm³/mol. The quantitative estimate of drug-likeness (QED) is 0.856. The second-order valence-corrected chi connectivity index (χ2v) is 6.75. The molecule has 0 aliphatic heterocycles.